The molecule has 0 saturated heterocycles. The molecule has 0 fully saturated rings. The summed E-state index contributed by atoms with van der Waals surface area (Å²) in [6.45, 7) is 0. The maximum absolute atomic E-state index is 12.1. The zero-order valence-corrected chi connectivity index (χ0v) is 12.3. The molecule has 1 aliphatic heterocycles. The number of halogens is 1. The van der Waals surface area contributed by atoms with Gasteiger partial charge in [0.2, 0.25) is 5.91 Å². The van der Waals surface area contributed by atoms with E-state index in [0.29, 0.717) is 22.7 Å². The number of carbonyl (C=O) groups is 2. The molecule has 7 heteroatoms. The van der Waals surface area contributed by atoms with E-state index in [9.17, 15) is 9.59 Å². The van der Waals surface area contributed by atoms with Crippen molar-refractivity contribution in [1.29, 1.82) is 0 Å². The molecule has 0 radical (unpaired) electrons. The molecule has 3 rings (SSSR count). The van der Waals surface area contributed by atoms with Crippen molar-refractivity contribution in [2.24, 2.45) is 0 Å². The number of hydrogen-bond donors (Lipinski definition) is 2. The highest BCUT2D eigenvalue weighted by Gasteiger charge is 2.17. The first kappa shape index (κ1) is 13.9. The second-order valence-electron chi connectivity index (χ2n) is 4.34. The molecule has 106 valence electrons. The number of aromatic nitrogens is 1. The summed E-state index contributed by atoms with van der Waals surface area (Å²) in [5.41, 5.74) is 1.59. The van der Waals surface area contributed by atoms with Gasteiger partial charge in [-0.1, -0.05) is 11.6 Å². The number of hydrogen-bond acceptors (Lipinski definition) is 4. The van der Waals surface area contributed by atoms with Gasteiger partial charge in [0, 0.05) is 16.8 Å². The number of anilines is 2. The molecule has 2 heterocycles. The number of pyridine rings is 1. The molecule has 0 aliphatic carbocycles. The van der Waals surface area contributed by atoms with E-state index >= 15 is 0 Å². The van der Waals surface area contributed by atoms with E-state index in [2.05, 4.69) is 15.6 Å². The van der Waals surface area contributed by atoms with Crippen LogP contribution < -0.4 is 10.6 Å². The molecular weight excluding hydrogens is 310 g/mol. The van der Waals surface area contributed by atoms with Crippen LogP contribution in [0.2, 0.25) is 5.15 Å². The molecule has 0 atom stereocenters. The Bertz CT molecular complexity index is 736. The monoisotopic (exact) mass is 319 g/mol. The van der Waals surface area contributed by atoms with Crippen LogP contribution in [-0.4, -0.2) is 22.6 Å². The maximum atomic E-state index is 12.1. The van der Waals surface area contributed by atoms with Gasteiger partial charge in [0.1, 0.15) is 5.15 Å². The van der Waals surface area contributed by atoms with Crippen LogP contribution in [0.4, 0.5) is 11.4 Å². The minimum atomic E-state index is -0.345. The van der Waals surface area contributed by atoms with Gasteiger partial charge in [-0.3, -0.25) is 9.59 Å². The van der Waals surface area contributed by atoms with Gasteiger partial charge in [0.15, 0.2) is 0 Å². The van der Waals surface area contributed by atoms with Crippen LogP contribution in [0.15, 0.2) is 41.4 Å². The summed E-state index contributed by atoms with van der Waals surface area (Å²) in [6, 6.07) is 8.61. The van der Waals surface area contributed by atoms with E-state index in [-0.39, 0.29) is 17.0 Å². The van der Waals surface area contributed by atoms with Crippen LogP contribution in [0.5, 0.6) is 0 Å². The third-order valence-corrected chi connectivity index (χ3v) is 4.25. The third kappa shape index (κ3) is 3.01. The van der Waals surface area contributed by atoms with E-state index < -0.39 is 0 Å². The quantitative estimate of drug-likeness (QED) is 0.835. The number of benzene rings is 1. The summed E-state index contributed by atoms with van der Waals surface area (Å²) in [7, 11) is 0. The molecule has 2 N–H and O–H groups in total. The lowest BCUT2D eigenvalue weighted by atomic mass is 10.2. The van der Waals surface area contributed by atoms with Gasteiger partial charge in [-0.15, -0.1) is 11.8 Å². The second-order valence-corrected chi connectivity index (χ2v) is 5.72. The Labute approximate surface area is 130 Å². The number of thioether (sulfide) groups is 1. The van der Waals surface area contributed by atoms with Gasteiger partial charge in [0.25, 0.3) is 5.91 Å². The number of fused-ring (bicyclic) bond motifs is 1. The molecule has 1 aliphatic rings. The molecule has 5 nitrogen and oxygen atoms in total. The molecule has 1 aromatic carbocycles. The average Bonchev–Trinajstić information content (AvgIpc) is 2.47. The predicted octanol–water partition coefficient (Wildman–Crippen LogP) is 3.03. The van der Waals surface area contributed by atoms with Crippen LogP contribution in [0.3, 0.4) is 0 Å². The highest BCUT2D eigenvalue weighted by Crippen LogP contribution is 2.33. The van der Waals surface area contributed by atoms with Gasteiger partial charge < -0.3 is 10.6 Å². The van der Waals surface area contributed by atoms with E-state index in [1.54, 1.807) is 24.3 Å². The molecule has 0 unspecified atom stereocenters. The molecule has 0 saturated carbocycles. The zero-order valence-electron chi connectivity index (χ0n) is 10.7. The van der Waals surface area contributed by atoms with Crippen molar-refractivity contribution in [2.45, 2.75) is 4.90 Å². The minimum Gasteiger partial charge on any atom is -0.324 e. The maximum Gasteiger partial charge on any atom is 0.258 e. The number of rotatable bonds is 2. The lowest BCUT2D eigenvalue weighted by Gasteiger charge is -2.17. The Kier molecular flexibility index (Phi) is 3.81. The Hall–Kier alpha value is -2.05. The van der Waals surface area contributed by atoms with Gasteiger partial charge in [-0.2, -0.15) is 0 Å². The van der Waals surface area contributed by atoms with Gasteiger partial charge in [-0.25, -0.2) is 4.98 Å². The molecule has 2 amide bonds. The molecule has 0 spiro atoms. The van der Waals surface area contributed by atoms with Gasteiger partial charge in [-0.05, 0) is 30.3 Å². The van der Waals surface area contributed by atoms with Crippen molar-refractivity contribution in [3.63, 3.8) is 0 Å². The Balaban J connectivity index is 1.82. The summed E-state index contributed by atoms with van der Waals surface area (Å²) in [5, 5.41) is 5.67. The Morgan fingerprint density at radius 1 is 1.38 bits per heavy atom. The van der Waals surface area contributed by atoms with Crippen LogP contribution in [0.25, 0.3) is 0 Å². The highest BCUT2D eigenvalue weighted by atomic mass is 35.5. The molecule has 1 aromatic heterocycles. The first-order valence-electron chi connectivity index (χ1n) is 6.12. The zero-order chi connectivity index (χ0) is 14.8. The van der Waals surface area contributed by atoms with Crippen molar-refractivity contribution in [3.05, 3.63) is 47.2 Å². The lowest BCUT2D eigenvalue weighted by molar-refractivity contribution is -0.113. The van der Waals surface area contributed by atoms with Gasteiger partial charge >= 0.3 is 0 Å². The summed E-state index contributed by atoms with van der Waals surface area (Å²) in [6.07, 6.45) is 1.52. The predicted molar refractivity (Wildman–Crippen MR) is 83.0 cm³/mol. The fraction of sp³-hybridized carbons (Fsp3) is 0.0714. The fourth-order valence-electron chi connectivity index (χ4n) is 1.91. The number of nitrogens with zero attached hydrogens (tertiary/aromatic N) is 1. The highest BCUT2D eigenvalue weighted by molar-refractivity contribution is 8.00. The molecule has 21 heavy (non-hydrogen) atoms. The van der Waals surface area contributed by atoms with Gasteiger partial charge in [0.05, 0.1) is 17.0 Å². The van der Waals surface area contributed by atoms with Crippen molar-refractivity contribution in [2.75, 3.05) is 16.4 Å². The van der Waals surface area contributed by atoms with Crippen molar-refractivity contribution in [1.82, 2.24) is 4.98 Å². The number of carbonyl (C=O) groups excluding carboxylic acids is 2. The third-order valence-electron chi connectivity index (χ3n) is 2.87. The van der Waals surface area contributed by atoms with E-state index in [1.165, 1.54) is 18.0 Å². The van der Waals surface area contributed by atoms with Crippen LogP contribution in [0.1, 0.15) is 10.4 Å². The number of nitrogens with one attached hydrogen (secondary N) is 2. The summed E-state index contributed by atoms with van der Waals surface area (Å²) in [5.74, 6) is 0.0124. The van der Waals surface area contributed by atoms with Crippen LogP contribution >= 0.6 is 23.4 Å². The first-order valence-corrected chi connectivity index (χ1v) is 7.48. The summed E-state index contributed by atoms with van der Waals surface area (Å²) >= 11 is 7.35. The van der Waals surface area contributed by atoms with Crippen LogP contribution in [-0.2, 0) is 4.79 Å². The minimum absolute atomic E-state index is 0.0497. The summed E-state index contributed by atoms with van der Waals surface area (Å²) < 4.78 is 0. The van der Waals surface area contributed by atoms with E-state index in [4.69, 9.17) is 11.6 Å². The first-order chi connectivity index (χ1) is 10.1. The Morgan fingerprint density at radius 2 is 2.24 bits per heavy atom. The molecule has 0 bridgehead atoms. The topological polar surface area (TPSA) is 71.1 Å². The standard InChI is InChI=1S/C14H10ClN3O2S/c15-13-9(2-1-5-16-13)14(20)17-8-3-4-11-10(6-8)18-12(19)7-21-11/h1-6H,7H2,(H,17,20)(H,18,19). The lowest BCUT2D eigenvalue weighted by Crippen LogP contribution is -2.19. The smallest absolute Gasteiger partial charge is 0.258 e. The Morgan fingerprint density at radius 3 is 3.05 bits per heavy atom. The normalized spacial score (nSPS) is 13.3. The van der Waals surface area contributed by atoms with Crippen molar-refractivity contribution < 1.29 is 9.59 Å². The van der Waals surface area contributed by atoms with Crippen molar-refractivity contribution in [3.8, 4) is 0 Å². The van der Waals surface area contributed by atoms with E-state index in [0.717, 1.165) is 4.90 Å². The molecular formula is C14H10ClN3O2S. The average molecular weight is 320 g/mol. The fourth-order valence-corrected chi connectivity index (χ4v) is 2.91. The van der Waals surface area contributed by atoms with E-state index in [1.807, 2.05) is 6.07 Å². The largest absolute Gasteiger partial charge is 0.324 e. The molecule has 2 aromatic rings. The van der Waals surface area contributed by atoms with Crippen LogP contribution in [0, 0.1) is 0 Å². The summed E-state index contributed by atoms with van der Waals surface area (Å²) in [4.78, 5) is 28.4. The number of amides is 2. The second kappa shape index (κ2) is 5.75. The van der Waals surface area contributed by atoms with Crippen molar-refractivity contribution >= 4 is 46.6 Å². The SMILES string of the molecule is O=C1CSc2ccc(NC(=O)c3cccnc3Cl)cc2N1.